The lowest BCUT2D eigenvalue weighted by Crippen LogP contribution is -1.88. The molecule has 1 nitrogen and oxygen atoms in total. The quantitative estimate of drug-likeness (QED) is 0.642. The zero-order valence-corrected chi connectivity index (χ0v) is 9.54. The lowest BCUT2D eigenvalue weighted by Gasteiger charge is -2.01. The van der Waals surface area contributed by atoms with Crippen LogP contribution in [0.3, 0.4) is 0 Å². The fraction of sp³-hybridized carbons (Fsp3) is 0.308. The van der Waals surface area contributed by atoms with Gasteiger partial charge >= 0.3 is 0 Å². The van der Waals surface area contributed by atoms with Gasteiger partial charge in [-0.2, -0.15) is 0 Å². The van der Waals surface area contributed by atoms with Crippen molar-refractivity contribution in [1.29, 1.82) is 0 Å². The summed E-state index contributed by atoms with van der Waals surface area (Å²) in [5.41, 5.74) is 3.53. The molecule has 0 unspecified atom stereocenters. The van der Waals surface area contributed by atoms with Crippen molar-refractivity contribution < 1.29 is 0 Å². The third-order valence-corrected chi connectivity index (χ3v) is 1.90. The molecular formula is C13H19N. The van der Waals surface area contributed by atoms with Gasteiger partial charge < -0.3 is 0 Å². The summed E-state index contributed by atoms with van der Waals surface area (Å²) in [5.74, 6) is 0. The van der Waals surface area contributed by atoms with Crippen molar-refractivity contribution in [2.45, 2.75) is 27.7 Å². The molecule has 0 bridgehead atoms. The molecule has 14 heavy (non-hydrogen) atoms. The summed E-state index contributed by atoms with van der Waals surface area (Å²) >= 11 is 0. The molecule has 0 radical (unpaired) electrons. The van der Waals surface area contributed by atoms with E-state index in [9.17, 15) is 0 Å². The van der Waals surface area contributed by atoms with Crippen molar-refractivity contribution in [1.82, 2.24) is 4.98 Å². The molecule has 0 atom stereocenters. The Labute approximate surface area is 87.2 Å². The van der Waals surface area contributed by atoms with Crippen LogP contribution in [-0.2, 0) is 0 Å². The third-order valence-electron chi connectivity index (χ3n) is 1.90. The van der Waals surface area contributed by atoms with Crippen LogP contribution in [0.4, 0.5) is 0 Å². The minimum atomic E-state index is 1.02. The number of allylic oxidation sites excluding steroid dienone is 2. The van der Waals surface area contributed by atoms with Crippen LogP contribution in [-0.4, -0.2) is 4.98 Å². The highest BCUT2D eigenvalue weighted by molar-refractivity contribution is 5.52. The summed E-state index contributed by atoms with van der Waals surface area (Å²) in [5, 5.41) is 0. The van der Waals surface area contributed by atoms with Crippen molar-refractivity contribution in [2.24, 2.45) is 0 Å². The fourth-order valence-electron chi connectivity index (χ4n) is 0.980. The highest BCUT2D eigenvalue weighted by Crippen LogP contribution is 2.10. The van der Waals surface area contributed by atoms with E-state index in [2.05, 4.69) is 25.4 Å². The van der Waals surface area contributed by atoms with Crippen LogP contribution in [0.2, 0.25) is 0 Å². The van der Waals surface area contributed by atoms with Gasteiger partial charge in [-0.3, -0.25) is 4.98 Å². The second kappa shape index (κ2) is 7.07. The molecule has 0 spiro atoms. The van der Waals surface area contributed by atoms with Gasteiger partial charge in [0.1, 0.15) is 0 Å². The molecule has 1 aromatic rings. The minimum absolute atomic E-state index is 1.02. The van der Waals surface area contributed by atoms with Gasteiger partial charge in [-0.25, -0.2) is 0 Å². The van der Waals surface area contributed by atoms with E-state index >= 15 is 0 Å². The van der Waals surface area contributed by atoms with Crippen LogP contribution in [0.15, 0.2) is 31.0 Å². The minimum Gasteiger partial charge on any atom is -0.257 e. The fourth-order valence-corrected chi connectivity index (χ4v) is 0.980. The van der Waals surface area contributed by atoms with Gasteiger partial charge in [0, 0.05) is 6.20 Å². The van der Waals surface area contributed by atoms with E-state index < -0.39 is 0 Å². The molecule has 1 heteroatoms. The number of rotatable bonds is 2. The van der Waals surface area contributed by atoms with E-state index in [1.807, 2.05) is 38.3 Å². The summed E-state index contributed by atoms with van der Waals surface area (Å²) in [6.07, 6.45) is 7.44. The van der Waals surface area contributed by atoms with Crippen LogP contribution < -0.4 is 0 Å². The number of pyridine rings is 1. The Bertz CT molecular complexity index is 311. The van der Waals surface area contributed by atoms with E-state index in [4.69, 9.17) is 0 Å². The lowest BCUT2D eigenvalue weighted by molar-refractivity contribution is 1.19. The van der Waals surface area contributed by atoms with Gasteiger partial charge in [0.25, 0.3) is 0 Å². The molecule has 0 aromatic carbocycles. The smallest absolute Gasteiger partial charge is 0.0661 e. The standard InChI is InChI=1S/C11H13N.C2H6/c1-4-5-6-11-10(3)9(2)7-8-12-11;1-2/h4-8H,1H2,2-3H3;1-2H3/b6-5-;. The predicted molar refractivity (Wildman–Crippen MR) is 64.3 cm³/mol. The van der Waals surface area contributed by atoms with E-state index in [-0.39, 0.29) is 0 Å². The average molecular weight is 189 g/mol. The van der Waals surface area contributed by atoms with Crippen molar-refractivity contribution in [3.63, 3.8) is 0 Å². The first-order chi connectivity index (χ1) is 6.75. The van der Waals surface area contributed by atoms with Gasteiger partial charge in [-0.15, -0.1) is 0 Å². The molecule has 1 rings (SSSR count). The van der Waals surface area contributed by atoms with Crippen LogP contribution >= 0.6 is 0 Å². The normalized spacial score (nSPS) is 9.43. The highest BCUT2D eigenvalue weighted by atomic mass is 14.7. The Kier molecular flexibility index (Phi) is 6.38. The van der Waals surface area contributed by atoms with Crippen molar-refractivity contribution >= 4 is 6.08 Å². The largest absolute Gasteiger partial charge is 0.257 e. The SMILES string of the molecule is C=C/C=C\c1nccc(C)c1C.CC. The maximum absolute atomic E-state index is 4.24. The molecule has 0 fully saturated rings. The summed E-state index contributed by atoms with van der Waals surface area (Å²) < 4.78 is 0. The van der Waals surface area contributed by atoms with E-state index in [0.29, 0.717) is 0 Å². The Hall–Kier alpha value is -1.37. The first-order valence-corrected chi connectivity index (χ1v) is 4.97. The first kappa shape index (κ1) is 12.6. The summed E-state index contributed by atoms with van der Waals surface area (Å²) in [6, 6.07) is 2.01. The monoisotopic (exact) mass is 189 g/mol. The molecule has 0 aliphatic rings. The second-order valence-corrected chi connectivity index (χ2v) is 2.73. The Morgan fingerprint density at radius 3 is 2.50 bits per heavy atom. The van der Waals surface area contributed by atoms with E-state index in [0.717, 1.165) is 5.69 Å². The summed E-state index contributed by atoms with van der Waals surface area (Å²) in [4.78, 5) is 4.24. The summed E-state index contributed by atoms with van der Waals surface area (Å²) in [6.45, 7) is 11.8. The van der Waals surface area contributed by atoms with Crippen molar-refractivity contribution in [2.75, 3.05) is 0 Å². The van der Waals surface area contributed by atoms with Crippen molar-refractivity contribution in [3.8, 4) is 0 Å². The number of aromatic nitrogens is 1. The maximum Gasteiger partial charge on any atom is 0.0661 e. The molecule has 0 aliphatic heterocycles. The molecule has 0 N–H and O–H groups in total. The molecule has 0 saturated carbocycles. The lowest BCUT2D eigenvalue weighted by atomic mass is 10.1. The molecule has 0 aliphatic carbocycles. The zero-order valence-electron chi connectivity index (χ0n) is 9.54. The molecule has 1 heterocycles. The molecule has 0 amide bonds. The van der Waals surface area contributed by atoms with Gasteiger partial charge in [0.05, 0.1) is 5.69 Å². The van der Waals surface area contributed by atoms with Crippen LogP contribution in [0.1, 0.15) is 30.7 Å². The maximum atomic E-state index is 4.24. The van der Waals surface area contributed by atoms with Crippen molar-refractivity contribution in [3.05, 3.63) is 47.8 Å². The Balaban J connectivity index is 0.000000791. The second-order valence-electron chi connectivity index (χ2n) is 2.73. The van der Waals surface area contributed by atoms with E-state index in [1.165, 1.54) is 11.1 Å². The van der Waals surface area contributed by atoms with Crippen LogP contribution in [0.25, 0.3) is 6.08 Å². The van der Waals surface area contributed by atoms with Crippen LogP contribution in [0, 0.1) is 13.8 Å². The Morgan fingerprint density at radius 2 is 1.93 bits per heavy atom. The number of nitrogens with zero attached hydrogens (tertiary/aromatic N) is 1. The Morgan fingerprint density at radius 1 is 1.29 bits per heavy atom. The average Bonchev–Trinajstić information content (AvgIpc) is 2.23. The number of hydrogen-bond donors (Lipinski definition) is 0. The molecule has 76 valence electrons. The van der Waals surface area contributed by atoms with Gasteiger partial charge in [-0.05, 0) is 37.1 Å². The molecule has 0 saturated heterocycles. The number of hydrogen-bond acceptors (Lipinski definition) is 1. The zero-order chi connectivity index (χ0) is 11.0. The van der Waals surface area contributed by atoms with E-state index in [1.54, 1.807) is 6.08 Å². The van der Waals surface area contributed by atoms with Gasteiger partial charge in [-0.1, -0.05) is 32.6 Å². The number of aryl methyl sites for hydroxylation is 1. The van der Waals surface area contributed by atoms with Gasteiger partial charge in [0.15, 0.2) is 0 Å². The first-order valence-electron chi connectivity index (χ1n) is 4.97. The van der Waals surface area contributed by atoms with Gasteiger partial charge in [0.2, 0.25) is 0 Å². The molecule has 1 aromatic heterocycles. The molecular weight excluding hydrogens is 170 g/mol. The van der Waals surface area contributed by atoms with Crippen LogP contribution in [0.5, 0.6) is 0 Å². The third kappa shape index (κ3) is 3.56. The highest BCUT2D eigenvalue weighted by Gasteiger charge is 1.96. The summed E-state index contributed by atoms with van der Waals surface area (Å²) in [7, 11) is 0. The topological polar surface area (TPSA) is 12.9 Å². The predicted octanol–water partition coefficient (Wildman–Crippen LogP) is 3.92.